The third-order valence-electron chi connectivity index (χ3n) is 3.79. The fourth-order valence-corrected chi connectivity index (χ4v) is 2.56. The van der Waals surface area contributed by atoms with Gasteiger partial charge in [0.05, 0.1) is 11.4 Å². The van der Waals surface area contributed by atoms with Gasteiger partial charge < -0.3 is 10.1 Å². The third-order valence-corrected chi connectivity index (χ3v) is 3.79. The number of aromatic nitrogens is 3. The van der Waals surface area contributed by atoms with Crippen molar-refractivity contribution in [1.29, 1.82) is 0 Å². The van der Waals surface area contributed by atoms with E-state index in [-0.39, 0.29) is 11.4 Å². The molecule has 3 aromatic rings. The minimum atomic E-state index is -0.805. The first kappa shape index (κ1) is 18.2. The van der Waals surface area contributed by atoms with Gasteiger partial charge in [-0.15, -0.1) is 0 Å². The van der Waals surface area contributed by atoms with E-state index in [9.17, 15) is 9.18 Å². The second-order valence-electron chi connectivity index (χ2n) is 5.94. The van der Waals surface area contributed by atoms with Gasteiger partial charge in [-0.3, -0.25) is 5.32 Å². The molecule has 0 atom stereocenters. The molecule has 1 amide bonds. The summed E-state index contributed by atoms with van der Waals surface area (Å²) in [5, 5.41) is 5.98. The van der Waals surface area contributed by atoms with Crippen LogP contribution in [-0.4, -0.2) is 28.1 Å². The lowest BCUT2D eigenvalue weighted by Gasteiger charge is -2.12. The van der Waals surface area contributed by atoms with Gasteiger partial charge in [0.25, 0.3) is 0 Å². The van der Waals surface area contributed by atoms with Gasteiger partial charge in [-0.05, 0) is 43.2 Å². The number of nitrogens with zero attached hydrogens (tertiary/aromatic N) is 3. The van der Waals surface area contributed by atoms with Crippen molar-refractivity contribution in [3.63, 3.8) is 0 Å². The van der Waals surface area contributed by atoms with Crippen molar-refractivity contribution in [2.24, 2.45) is 0 Å². The minimum absolute atomic E-state index is 0.00345. The Labute approximate surface area is 155 Å². The molecular formula is C19H18FN5O2. The molecule has 0 aliphatic heterocycles. The number of pyridine rings is 1. The van der Waals surface area contributed by atoms with Crippen LogP contribution in [0.5, 0.6) is 0 Å². The molecule has 3 rings (SSSR count). The van der Waals surface area contributed by atoms with Crippen LogP contribution in [0, 0.1) is 12.7 Å². The van der Waals surface area contributed by atoms with Crippen molar-refractivity contribution >= 4 is 28.8 Å². The zero-order valence-electron chi connectivity index (χ0n) is 15.1. The fourth-order valence-electron chi connectivity index (χ4n) is 2.56. The molecule has 2 heterocycles. The lowest BCUT2D eigenvalue weighted by molar-refractivity contribution is 0.192. The van der Waals surface area contributed by atoms with Crippen LogP contribution in [0.4, 0.5) is 20.8 Å². The average Bonchev–Trinajstić information content (AvgIpc) is 2.62. The largest absolute Gasteiger partial charge is 0.416 e. The van der Waals surface area contributed by atoms with E-state index in [0.29, 0.717) is 22.7 Å². The van der Waals surface area contributed by atoms with Crippen molar-refractivity contribution in [2.75, 3.05) is 17.7 Å². The van der Waals surface area contributed by atoms with E-state index in [1.54, 1.807) is 26.4 Å². The van der Waals surface area contributed by atoms with E-state index >= 15 is 0 Å². The Hall–Kier alpha value is -3.55. The van der Waals surface area contributed by atoms with Crippen LogP contribution in [0.15, 0.2) is 42.9 Å². The summed E-state index contributed by atoms with van der Waals surface area (Å²) in [4.78, 5) is 24.6. The molecule has 0 aliphatic rings. The summed E-state index contributed by atoms with van der Waals surface area (Å²) in [5.74, 6) is 0.119. The van der Waals surface area contributed by atoms with Crippen molar-refractivity contribution in [2.45, 2.75) is 13.8 Å². The lowest BCUT2D eigenvalue weighted by Crippen LogP contribution is -2.13. The van der Waals surface area contributed by atoms with Crippen LogP contribution >= 0.6 is 0 Å². The summed E-state index contributed by atoms with van der Waals surface area (Å²) in [6.45, 7) is 6.78. The SMILES string of the molecule is C=C(C)OC(=O)Nc1cc(-c2cnc3nc(NC)ncc3c2)c(C)cc1F. The van der Waals surface area contributed by atoms with Crippen LogP contribution in [0.3, 0.4) is 0 Å². The first-order valence-electron chi connectivity index (χ1n) is 8.13. The summed E-state index contributed by atoms with van der Waals surface area (Å²) in [7, 11) is 1.73. The van der Waals surface area contributed by atoms with Crippen LogP contribution < -0.4 is 10.6 Å². The topological polar surface area (TPSA) is 89.0 Å². The number of halogens is 1. The van der Waals surface area contributed by atoms with E-state index in [2.05, 4.69) is 32.2 Å². The highest BCUT2D eigenvalue weighted by molar-refractivity contribution is 5.88. The summed E-state index contributed by atoms with van der Waals surface area (Å²) >= 11 is 0. The quantitative estimate of drug-likeness (QED) is 0.670. The van der Waals surface area contributed by atoms with Crippen LogP contribution in [0.1, 0.15) is 12.5 Å². The maximum Gasteiger partial charge on any atom is 0.416 e. The van der Waals surface area contributed by atoms with Gasteiger partial charge in [0.2, 0.25) is 5.95 Å². The molecular weight excluding hydrogens is 349 g/mol. The Balaban J connectivity index is 2.00. The zero-order valence-corrected chi connectivity index (χ0v) is 15.1. The highest BCUT2D eigenvalue weighted by Crippen LogP contribution is 2.30. The number of anilines is 2. The Morgan fingerprint density at radius 3 is 2.70 bits per heavy atom. The number of carbonyl (C=O) groups excluding carboxylic acids is 1. The number of hydrogen-bond donors (Lipinski definition) is 2. The minimum Gasteiger partial charge on any atom is -0.416 e. The van der Waals surface area contributed by atoms with Gasteiger partial charge in [0, 0.05) is 30.4 Å². The highest BCUT2D eigenvalue weighted by Gasteiger charge is 2.13. The number of aryl methyl sites for hydroxylation is 1. The first-order valence-corrected chi connectivity index (χ1v) is 8.13. The lowest BCUT2D eigenvalue weighted by atomic mass is 10.0. The number of benzene rings is 1. The van der Waals surface area contributed by atoms with Gasteiger partial charge in [0.15, 0.2) is 5.65 Å². The number of fused-ring (bicyclic) bond motifs is 1. The fraction of sp³-hybridized carbons (Fsp3) is 0.158. The molecule has 8 heteroatoms. The smallest absolute Gasteiger partial charge is 0.416 e. The van der Waals surface area contributed by atoms with Crippen molar-refractivity contribution < 1.29 is 13.9 Å². The van der Waals surface area contributed by atoms with Crippen LogP contribution in [0.2, 0.25) is 0 Å². The monoisotopic (exact) mass is 367 g/mol. The van der Waals surface area contributed by atoms with Crippen molar-refractivity contribution in [3.8, 4) is 11.1 Å². The maximum atomic E-state index is 14.2. The Morgan fingerprint density at radius 2 is 2.00 bits per heavy atom. The molecule has 7 nitrogen and oxygen atoms in total. The molecule has 0 saturated heterocycles. The molecule has 2 N–H and O–H groups in total. The Morgan fingerprint density at radius 1 is 1.22 bits per heavy atom. The van der Waals surface area contributed by atoms with Crippen molar-refractivity contribution in [1.82, 2.24) is 15.0 Å². The predicted molar refractivity (Wildman–Crippen MR) is 102 cm³/mol. The Bertz CT molecular complexity index is 1050. The molecule has 1 aromatic carbocycles. The summed E-state index contributed by atoms with van der Waals surface area (Å²) < 4.78 is 19.1. The zero-order chi connectivity index (χ0) is 19.6. The van der Waals surface area contributed by atoms with Gasteiger partial charge in [-0.25, -0.2) is 19.2 Å². The molecule has 0 bridgehead atoms. The normalized spacial score (nSPS) is 10.5. The van der Waals surface area contributed by atoms with E-state index in [1.165, 1.54) is 19.1 Å². The highest BCUT2D eigenvalue weighted by atomic mass is 19.1. The van der Waals surface area contributed by atoms with Crippen LogP contribution in [0.25, 0.3) is 22.2 Å². The molecule has 0 fully saturated rings. The molecule has 0 spiro atoms. The second kappa shape index (κ2) is 7.36. The summed E-state index contributed by atoms with van der Waals surface area (Å²) in [6, 6.07) is 4.74. The molecule has 138 valence electrons. The molecule has 0 saturated carbocycles. The number of nitrogens with one attached hydrogen (secondary N) is 2. The molecule has 0 unspecified atom stereocenters. The van der Waals surface area contributed by atoms with E-state index in [1.807, 2.05) is 6.07 Å². The van der Waals surface area contributed by atoms with E-state index in [0.717, 1.165) is 10.9 Å². The third kappa shape index (κ3) is 4.00. The van der Waals surface area contributed by atoms with E-state index < -0.39 is 11.9 Å². The molecule has 2 aromatic heterocycles. The Kier molecular flexibility index (Phi) is 4.98. The summed E-state index contributed by atoms with van der Waals surface area (Å²) in [5.41, 5.74) is 2.71. The number of ether oxygens (including phenoxy) is 1. The van der Waals surface area contributed by atoms with E-state index in [4.69, 9.17) is 4.74 Å². The second-order valence-corrected chi connectivity index (χ2v) is 5.94. The van der Waals surface area contributed by atoms with Crippen molar-refractivity contribution in [3.05, 3.63) is 54.3 Å². The first-order chi connectivity index (χ1) is 12.9. The standard InChI is InChI=1S/C19H18FN5O2/c1-10(2)27-19(26)24-16-7-14(11(3)5-15(16)20)12-6-13-9-23-18(21-4)25-17(13)22-8-12/h5-9H,1H2,2-4H3,(H,24,26)(H,21,22,23,25). The van der Waals surface area contributed by atoms with Gasteiger partial charge in [-0.2, -0.15) is 4.98 Å². The van der Waals surface area contributed by atoms with Gasteiger partial charge in [0.1, 0.15) is 5.82 Å². The predicted octanol–water partition coefficient (Wildman–Crippen LogP) is 4.26. The molecule has 0 aliphatic carbocycles. The van der Waals surface area contributed by atoms with Gasteiger partial charge >= 0.3 is 6.09 Å². The average molecular weight is 367 g/mol. The maximum absolute atomic E-state index is 14.2. The summed E-state index contributed by atoms with van der Waals surface area (Å²) in [6.07, 6.45) is 2.50. The molecule has 0 radical (unpaired) electrons. The molecule has 27 heavy (non-hydrogen) atoms. The number of allylic oxidation sites excluding steroid dienone is 1. The van der Waals surface area contributed by atoms with Crippen LogP contribution in [-0.2, 0) is 4.74 Å². The number of carbonyl (C=O) groups is 1. The van der Waals surface area contributed by atoms with Gasteiger partial charge in [-0.1, -0.05) is 6.58 Å². The number of hydrogen-bond acceptors (Lipinski definition) is 6. The number of rotatable bonds is 4. The number of amides is 1.